The Morgan fingerprint density at radius 1 is 1.38 bits per heavy atom. The molecule has 0 atom stereocenters. The maximum Gasteiger partial charge on any atom is 0.303 e. The predicted molar refractivity (Wildman–Crippen MR) is 75.8 cm³/mol. The van der Waals surface area contributed by atoms with E-state index in [1.54, 1.807) is 0 Å². The highest BCUT2D eigenvalue weighted by molar-refractivity contribution is 5.76. The molecule has 0 radical (unpaired) electrons. The second-order valence-corrected chi connectivity index (χ2v) is 6.00. The van der Waals surface area contributed by atoms with Crippen LogP contribution < -0.4 is 5.32 Å². The van der Waals surface area contributed by atoms with Gasteiger partial charge in [-0.3, -0.25) is 9.59 Å². The van der Waals surface area contributed by atoms with Gasteiger partial charge in [-0.05, 0) is 38.5 Å². The number of carboxylic acids is 1. The Balaban J connectivity index is 1.78. The summed E-state index contributed by atoms with van der Waals surface area (Å²) in [6.07, 6.45) is 3.90. The van der Waals surface area contributed by atoms with Crippen LogP contribution in [0.15, 0.2) is 4.52 Å². The van der Waals surface area contributed by atoms with Crippen molar-refractivity contribution in [1.29, 1.82) is 0 Å². The van der Waals surface area contributed by atoms with Gasteiger partial charge in [0.05, 0.1) is 12.1 Å². The Morgan fingerprint density at radius 3 is 2.57 bits per heavy atom. The molecule has 1 heterocycles. The molecule has 1 aliphatic carbocycles. The maximum atomic E-state index is 11.9. The first kappa shape index (κ1) is 15.5. The molecule has 1 saturated carbocycles. The topological polar surface area (TPSA) is 92.4 Å². The molecular weight excluding hydrogens is 272 g/mol. The fourth-order valence-electron chi connectivity index (χ4n) is 2.89. The third-order valence-corrected chi connectivity index (χ3v) is 4.38. The zero-order chi connectivity index (χ0) is 15.5. The number of carbonyl (C=O) groups excluding carboxylic acids is 1. The minimum atomic E-state index is -0.792. The standard InChI is InChI=1S/C15H22N2O4/c1-10-12(11(2)21-17-10)4-5-13(18)16-9-15(6-3-7-15)8-14(19)20/h3-9H2,1-2H3,(H,16,18)(H,19,20). The van der Waals surface area contributed by atoms with E-state index in [1.165, 1.54) is 0 Å². The van der Waals surface area contributed by atoms with Gasteiger partial charge in [-0.1, -0.05) is 11.6 Å². The van der Waals surface area contributed by atoms with Gasteiger partial charge in [-0.15, -0.1) is 0 Å². The highest BCUT2D eigenvalue weighted by Crippen LogP contribution is 2.43. The summed E-state index contributed by atoms with van der Waals surface area (Å²) < 4.78 is 5.07. The zero-order valence-electron chi connectivity index (χ0n) is 12.6. The molecule has 6 heteroatoms. The van der Waals surface area contributed by atoms with Gasteiger partial charge in [0.2, 0.25) is 5.91 Å². The van der Waals surface area contributed by atoms with Crippen molar-refractivity contribution in [3.8, 4) is 0 Å². The van der Waals surface area contributed by atoms with E-state index in [-0.39, 0.29) is 17.7 Å². The number of aryl methyl sites for hydroxylation is 2. The Morgan fingerprint density at radius 2 is 2.10 bits per heavy atom. The van der Waals surface area contributed by atoms with Gasteiger partial charge in [-0.2, -0.15) is 0 Å². The Bertz CT molecular complexity index is 512. The summed E-state index contributed by atoms with van der Waals surface area (Å²) in [5.41, 5.74) is 1.57. The summed E-state index contributed by atoms with van der Waals surface area (Å²) in [7, 11) is 0. The molecule has 2 rings (SSSR count). The summed E-state index contributed by atoms with van der Waals surface area (Å²) in [5, 5.41) is 15.7. The number of carbonyl (C=O) groups is 2. The number of aromatic nitrogens is 1. The molecule has 0 aromatic carbocycles. The average Bonchev–Trinajstić information content (AvgIpc) is 2.69. The molecule has 1 aromatic rings. The summed E-state index contributed by atoms with van der Waals surface area (Å²) in [6, 6.07) is 0. The number of amides is 1. The molecule has 2 N–H and O–H groups in total. The Hall–Kier alpha value is -1.85. The predicted octanol–water partition coefficient (Wildman–Crippen LogP) is 1.99. The molecule has 0 saturated heterocycles. The first-order chi connectivity index (χ1) is 9.92. The number of hydrogen-bond donors (Lipinski definition) is 2. The maximum absolute atomic E-state index is 11.9. The fraction of sp³-hybridized carbons (Fsp3) is 0.667. The number of nitrogens with zero attached hydrogens (tertiary/aromatic N) is 1. The second-order valence-electron chi connectivity index (χ2n) is 6.00. The van der Waals surface area contributed by atoms with Crippen LogP contribution in [0.3, 0.4) is 0 Å². The number of aliphatic carboxylic acids is 1. The van der Waals surface area contributed by atoms with E-state index in [1.807, 2.05) is 13.8 Å². The Labute approximate surface area is 123 Å². The van der Waals surface area contributed by atoms with Crippen molar-refractivity contribution < 1.29 is 19.2 Å². The molecule has 0 bridgehead atoms. The van der Waals surface area contributed by atoms with Gasteiger partial charge in [0.1, 0.15) is 5.76 Å². The lowest BCUT2D eigenvalue weighted by Crippen LogP contribution is -2.43. The summed E-state index contributed by atoms with van der Waals surface area (Å²) in [6.45, 7) is 4.16. The molecule has 0 spiro atoms. The van der Waals surface area contributed by atoms with Gasteiger partial charge < -0.3 is 14.9 Å². The van der Waals surface area contributed by atoms with Crippen LogP contribution in [0.25, 0.3) is 0 Å². The van der Waals surface area contributed by atoms with Crippen LogP contribution in [0.4, 0.5) is 0 Å². The van der Waals surface area contributed by atoms with E-state index < -0.39 is 5.97 Å². The minimum Gasteiger partial charge on any atom is -0.481 e. The summed E-state index contributed by atoms with van der Waals surface area (Å²) in [4.78, 5) is 22.8. The van der Waals surface area contributed by atoms with E-state index in [2.05, 4.69) is 10.5 Å². The van der Waals surface area contributed by atoms with Crippen molar-refractivity contribution in [3.05, 3.63) is 17.0 Å². The third-order valence-electron chi connectivity index (χ3n) is 4.38. The van der Waals surface area contributed by atoms with Crippen LogP contribution >= 0.6 is 0 Å². The van der Waals surface area contributed by atoms with Crippen molar-refractivity contribution in [2.24, 2.45) is 5.41 Å². The van der Waals surface area contributed by atoms with Crippen LogP contribution in [-0.2, 0) is 16.0 Å². The van der Waals surface area contributed by atoms with Crippen LogP contribution in [0, 0.1) is 19.3 Å². The highest BCUT2D eigenvalue weighted by atomic mass is 16.5. The van der Waals surface area contributed by atoms with Gasteiger partial charge >= 0.3 is 5.97 Å². The largest absolute Gasteiger partial charge is 0.481 e. The minimum absolute atomic E-state index is 0.0494. The van der Waals surface area contributed by atoms with E-state index in [0.717, 1.165) is 36.3 Å². The van der Waals surface area contributed by atoms with Crippen LogP contribution in [0.5, 0.6) is 0 Å². The average molecular weight is 294 g/mol. The molecule has 21 heavy (non-hydrogen) atoms. The van der Waals surface area contributed by atoms with Crippen LogP contribution in [0.1, 0.15) is 49.1 Å². The lowest BCUT2D eigenvalue weighted by atomic mass is 9.66. The van der Waals surface area contributed by atoms with Gasteiger partial charge in [-0.25, -0.2) is 0 Å². The zero-order valence-corrected chi connectivity index (χ0v) is 12.6. The third kappa shape index (κ3) is 3.83. The van der Waals surface area contributed by atoms with Gasteiger partial charge in [0.25, 0.3) is 0 Å². The van der Waals surface area contributed by atoms with E-state index in [9.17, 15) is 9.59 Å². The molecule has 1 amide bonds. The molecule has 0 unspecified atom stereocenters. The van der Waals surface area contributed by atoms with Crippen LogP contribution in [0.2, 0.25) is 0 Å². The molecule has 1 aliphatic rings. The van der Waals surface area contributed by atoms with Crippen molar-refractivity contribution in [1.82, 2.24) is 10.5 Å². The fourth-order valence-corrected chi connectivity index (χ4v) is 2.89. The SMILES string of the molecule is Cc1noc(C)c1CCC(=O)NCC1(CC(=O)O)CCC1. The molecular formula is C15H22N2O4. The molecule has 116 valence electrons. The smallest absolute Gasteiger partial charge is 0.303 e. The normalized spacial score (nSPS) is 16.3. The van der Waals surface area contributed by atoms with Crippen molar-refractivity contribution >= 4 is 11.9 Å². The first-order valence-electron chi connectivity index (χ1n) is 7.32. The summed E-state index contributed by atoms with van der Waals surface area (Å²) >= 11 is 0. The Kier molecular flexibility index (Phi) is 4.65. The van der Waals surface area contributed by atoms with Crippen LogP contribution in [-0.4, -0.2) is 28.7 Å². The first-order valence-corrected chi connectivity index (χ1v) is 7.32. The molecule has 6 nitrogen and oxygen atoms in total. The van der Waals surface area contributed by atoms with E-state index >= 15 is 0 Å². The van der Waals surface area contributed by atoms with Crippen molar-refractivity contribution in [2.45, 2.75) is 52.4 Å². The van der Waals surface area contributed by atoms with Gasteiger partial charge in [0.15, 0.2) is 0 Å². The highest BCUT2D eigenvalue weighted by Gasteiger charge is 2.39. The second kappa shape index (κ2) is 6.28. The van der Waals surface area contributed by atoms with Gasteiger partial charge in [0, 0.05) is 18.5 Å². The molecule has 1 aromatic heterocycles. The monoisotopic (exact) mass is 294 g/mol. The lowest BCUT2D eigenvalue weighted by Gasteiger charge is -2.40. The lowest BCUT2D eigenvalue weighted by molar-refractivity contribution is -0.141. The summed E-state index contributed by atoms with van der Waals surface area (Å²) in [5.74, 6) is -0.0898. The molecule has 1 fully saturated rings. The van der Waals surface area contributed by atoms with E-state index in [0.29, 0.717) is 19.4 Å². The number of nitrogens with one attached hydrogen (secondary N) is 1. The number of rotatable bonds is 7. The number of carboxylic acid groups (broad SMARTS) is 1. The van der Waals surface area contributed by atoms with E-state index in [4.69, 9.17) is 9.63 Å². The number of hydrogen-bond acceptors (Lipinski definition) is 4. The molecule has 0 aliphatic heterocycles. The quantitative estimate of drug-likeness (QED) is 0.802. The van der Waals surface area contributed by atoms with Crippen molar-refractivity contribution in [3.63, 3.8) is 0 Å². The van der Waals surface area contributed by atoms with Crippen molar-refractivity contribution in [2.75, 3.05) is 6.54 Å².